The van der Waals surface area contributed by atoms with Gasteiger partial charge in [-0.2, -0.15) is 10.4 Å². The molecule has 0 aromatic carbocycles. The molecule has 0 fully saturated rings. The quantitative estimate of drug-likeness (QED) is 0.677. The molecule has 1 amide bonds. The number of anilines is 1. The molecule has 0 saturated heterocycles. The van der Waals surface area contributed by atoms with E-state index in [0.29, 0.717) is 12.0 Å². The molecule has 74 valence electrons. The lowest BCUT2D eigenvalue weighted by atomic mass is 10.1. The Morgan fingerprint density at radius 1 is 1.71 bits per heavy atom. The fraction of sp³-hybridized carbons (Fsp3) is 0.375. The van der Waals surface area contributed by atoms with Gasteiger partial charge in [-0.05, 0) is 6.42 Å². The number of rotatable bonds is 3. The smallest absolute Gasteiger partial charge is 0.267 e. The summed E-state index contributed by atoms with van der Waals surface area (Å²) in [6.45, 7) is 0. The molecular weight excluding hydrogens is 182 g/mol. The number of nitriles is 1. The maximum atomic E-state index is 11.0. The number of aromatic nitrogens is 2. The number of aryl methyl sites for hydroxylation is 1. The number of primary amides is 1. The Hall–Kier alpha value is -2.03. The van der Waals surface area contributed by atoms with Crippen LogP contribution < -0.4 is 11.5 Å². The molecule has 0 unspecified atom stereocenters. The molecule has 14 heavy (non-hydrogen) atoms. The van der Waals surface area contributed by atoms with E-state index >= 15 is 0 Å². The topological polar surface area (TPSA) is 111 Å². The molecule has 0 aliphatic carbocycles. The molecule has 1 aromatic rings. The fourth-order valence-corrected chi connectivity index (χ4v) is 1.32. The summed E-state index contributed by atoms with van der Waals surface area (Å²) in [5.74, 6) is -0.318. The van der Waals surface area contributed by atoms with Gasteiger partial charge in [0.25, 0.3) is 5.91 Å². The highest BCUT2D eigenvalue weighted by Gasteiger charge is 2.17. The van der Waals surface area contributed by atoms with Crippen molar-refractivity contribution in [2.24, 2.45) is 12.8 Å². The Morgan fingerprint density at radius 2 is 2.36 bits per heavy atom. The van der Waals surface area contributed by atoms with Crippen molar-refractivity contribution < 1.29 is 4.79 Å². The van der Waals surface area contributed by atoms with E-state index in [1.54, 1.807) is 7.05 Å². The van der Waals surface area contributed by atoms with E-state index in [9.17, 15) is 4.79 Å². The third-order valence-corrected chi connectivity index (χ3v) is 1.90. The van der Waals surface area contributed by atoms with Gasteiger partial charge in [-0.3, -0.25) is 9.48 Å². The number of carbonyl (C=O) groups is 1. The van der Waals surface area contributed by atoms with Crippen LogP contribution in [0, 0.1) is 11.3 Å². The van der Waals surface area contributed by atoms with Crippen molar-refractivity contribution in [1.29, 1.82) is 5.26 Å². The molecule has 1 rings (SSSR count). The number of carbonyl (C=O) groups excluding carboxylic acids is 1. The first-order chi connectivity index (χ1) is 6.57. The van der Waals surface area contributed by atoms with Gasteiger partial charge in [0.1, 0.15) is 11.5 Å². The van der Waals surface area contributed by atoms with Crippen molar-refractivity contribution >= 4 is 11.7 Å². The average Bonchev–Trinajstić information content (AvgIpc) is 2.37. The van der Waals surface area contributed by atoms with Crippen molar-refractivity contribution in [1.82, 2.24) is 9.78 Å². The van der Waals surface area contributed by atoms with Crippen molar-refractivity contribution in [3.63, 3.8) is 0 Å². The van der Waals surface area contributed by atoms with E-state index in [-0.39, 0.29) is 17.9 Å². The number of nitrogen functional groups attached to an aromatic ring is 1. The van der Waals surface area contributed by atoms with Crippen LogP contribution in [0.5, 0.6) is 0 Å². The van der Waals surface area contributed by atoms with Gasteiger partial charge in [0.05, 0.1) is 6.07 Å². The summed E-state index contributed by atoms with van der Waals surface area (Å²) in [7, 11) is 1.59. The van der Waals surface area contributed by atoms with Gasteiger partial charge in [-0.1, -0.05) is 0 Å². The first kappa shape index (κ1) is 10.1. The van der Waals surface area contributed by atoms with Crippen LogP contribution in [0.1, 0.15) is 22.5 Å². The molecule has 0 atom stereocenters. The van der Waals surface area contributed by atoms with Gasteiger partial charge >= 0.3 is 0 Å². The van der Waals surface area contributed by atoms with Crippen molar-refractivity contribution in [3.8, 4) is 6.07 Å². The SMILES string of the molecule is Cn1nc(N)c(CCC#N)c1C(N)=O. The molecule has 0 aliphatic rings. The third kappa shape index (κ3) is 1.66. The largest absolute Gasteiger partial charge is 0.382 e. The molecule has 6 heteroatoms. The van der Waals surface area contributed by atoms with E-state index < -0.39 is 5.91 Å². The molecule has 1 aromatic heterocycles. The molecule has 0 saturated carbocycles. The molecule has 6 nitrogen and oxygen atoms in total. The lowest BCUT2D eigenvalue weighted by molar-refractivity contribution is 0.0990. The highest BCUT2D eigenvalue weighted by atomic mass is 16.1. The molecule has 0 bridgehead atoms. The maximum absolute atomic E-state index is 11.0. The number of amides is 1. The Morgan fingerprint density at radius 3 is 2.86 bits per heavy atom. The summed E-state index contributed by atoms with van der Waals surface area (Å²) in [5.41, 5.74) is 11.6. The van der Waals surface area contributed by atoms with E-state index in [0.717, 1.165) is 0 Å². The predicted molar refractivity (Wildman–Crippen MR) is 50.1 cm³/mol. The second kappa shape index (κ2) is 3.79. The van der Waals surface area contributed by atoms with Crippen LogP contribution in [0.2, 0.25) is 0 Å². The van der Waals surface area contributed by atoms with E-state index in [2.05, 4.69) is 5.10 Å². The van der Waals surface area contributed by atoms with Gasteiger partial charge in [0.15, 0.2) is 0 Å². The summed E-state index contributed by atoms with van der Waals surface area (Å²) in [4.78, 5) is 11.0. The Kier molecular flexibility index (Phi) is 2.72. The van der Waals surface area contributed by atoms with Crippen LogP contribution in [-0.4, -0.2) is 15.7 Å². The van der Waals surface area contributed by atoms with Gasteiger partial charge in [0, 0.05) is 19.0 Å². The lowest BCUT2D eigenvalue weighted by Crippen LogP contribution is -2.17. The zero-order valence-corrected chi connectivity index (χ0v) is 7.82. The summed E-state index contributed by atoms with van der Waals surface area (Å²) in [6, 6.07) is 1.97. The van der Waals surface area contributed by atoms with E-state index in [4.69, 9.17) is 16.7 Å². The van der Waals surface area contributed by atoms with Crippen LogP contribution in [0.4, 0.5) is 5.82 Å². The molecule has 0 spiro atoms. The molecule has 0 aliphatic heterocycles. The summed E-state index contributed by atoms with van der Waals surface area (Å²) in [6.07, 6.45) is 0.685. The number of nitrogens with zero attached hydrogens (tertiary/aromatic N) is 3. The summed E-state index contributed by atoms with van der Waals surface area (Å²) < 4.78 is 1.34. The third-order valence-electron chi connectivity index (χ3n) is 1.90. The zero-order chi connectivity index (χ0) is 10.7. The van der Waals surface area contributed by atoms with Crippen LogP contribution in [0.3, 0.4) is 0 Å². The summed E-state index contributed by atoms with van der Waals surface area (Å²) in [5, 5.41) is 12.3. The molecule has 0 radical (unpaired) electrons. The summed E-state index contributed by atoms with van der Waals surface area (Å²) >= 11 is 0. The maximum Gasteiger partial charge on any atom is 0.267 e. The van der Waals surface area contributed by atoms with Gasteiger partial charge in [0.2, 0.25) is 0 Å². The van der Waals surface area contributed by atoms with Crippen LogP contribution in [0.15, 0.2) is 0 Å². The fourth-order valence-electron chi connectivity index (χ4n) is 1.32. The minimum absolute atomic E-state index is 0.261. The van der Waals surface area contributed by atoms with Crippen LogP contribution in [0.25, 0.3) is 0 Å². The molecule has 4 N–H and O–H groups in total. The molecule has 1 heterocycles. The number of nitrogens with two attached hydrogens (primary N) is 2. The standard InChI is InChI=1S/C8H11N5O/c1-13-6(8(11)14)5(3-2-4-9)7(10)12-13/h2-3H2,1H3,(H2,10,12)(H2,11,14). The minimum atomic E-state index is -0.579. The van der Waals surface area contributed by atoms with Crippen molar-refractivity contribution in [3.05, 3.63) is 11.3 Å². The molecular formula is C8H11N5O. The number of hydrogen-bond acceptors (Lipinski definition) is 4. The first-order valence-electron chi connectivity index (χ1n) is 4.06. The second-order valence-corrected chi connectivity index (χ2v) is 2.86. The zero-order valence-electron chi connectivity index (χ0n) is 7.82. The van der Waals surface area contributed by atoms with Crippen molar-refractivity contribution in [2.45, 2.75) is 12.8 Å². The Bertz CT molecular complexity index is 401. The van der Waals surface area contributed by atoms with Crippen LogP contribution >= 0.6 is 0 Å². The van der Waals surface area contributed by atoms with Crippen LogP contribution in [-0.2, 0) is 13.5 Å². The monoisotopic (exact) mass is 193 g/mol. The van der Waals surface area contributed by atoms with E-state index in [1.807, 2.05) is 6.07 Å². The highest BCUT2D eigenvalue weighted by molar-refractivity contribution is 5.93. The Balaban J connectivity index is 3.13. The van der Waals surface area contributed by atoms with Gasteiger partial charge < -0.3 is 11.5 Å². The van der Waals surface area contributed by atoms with Gasteiger partial charge in [-0.25, -0.2) is 0 Å². The van der Waals surface area contributed by atoms with E-state index in [1.165, 1.54) is 4.68 Å². The minimum Gasteiger partial charge on any atom is -0.382 e. The highest BCUT2D eigenvalue weighted by Crippen LogP contribution is 2.16. The number of hydrogen-bond donors (Lipinski definition) is 2. The van der Waals surface area contributed by atoms with Crippen molar-refractivity contribution in [2.75, 3.05) is 5.73 Å². The second-order valence-electron chi connectivity index (χ2n) is 2.86. The Labute approximate surface area is 81.1 Å². The normalized spacial score (nSPS) is 9.71. The van der Waals surface area contributed by atoms with Gasteiger partial charge in [-0.15, -0.1) is 0 Å². The first-order valence-corrected chi connectivity index (χ1v) is 4.06. The lowest BCUT2D eigenvalue weighted by Gasteiger charge is -1.99. The predicted octanol–water partition coefficient (Wildman–Crippen LogP) is -0.443. The average molecular weight is 193 g/mol.